The number of benzene rings is 1. The summed E-state index contributed by atoms with van der Waals surface area (Å²) in [6, 6.07) is 5.38. The highest BCUT2D eigenvalue weighted by atomic mass is 79.9. The Labute approximate surface area is 130 Å². The third-order valence-electron chi connectivity index (χ3n) is 2.78. The van der Waals surface area contributed by atoms with E-state index in [1.165, 1.54) is 0 Å². The Hall–Kier alpha value is -0.620. The molecule has 2 aromatic rings. The molecule has 1 N–H and O–H groups in total. The summed E-state index contributed by atoms with van der Waals surface area (Å²) < 4.78 is 2.43. The molecule has 2 rings (SSSR count). The van der Waals surface area contributed by atoms with Crippen LogP contribution in [0.2, 0.25) is 10.0 Å². The van der Waals surface area contributed by atoms with Gasteiger partial charge in [-0.2, -0.15) is 0 Å². The molecule has 0 aliphatic heterocycles. The van der Waals surface area contributed by atoms with Crippen LogP contribution >= 0.6 is 39.1 Å². The van der Waals surface area contributed by atoms with Crippen molar-refractivity contribution in [3.63, 3.8) is 0 Å². The monoisotopic (exact) mass is 362 g/mol. The molecule has 0 aliphatic rings. The van der Waals surface area contributed by atoms with Crippen LogP contribution in [0.3, 0.4) is 0 Å². The predicted molar refractivity (Wildman–Crippen MR) is 80.7 cm³/mol. The SMILES string of the molecule is CCNC(c1ccc(Cl)cc1Cl)c1c(Br)nnn1C. The van der Waals surface area contributed by atoms with Gasteiger partial charge in [0.15, 0.2) is 4.60 Å². The quantitative estimate of drug-likeness (QED) is 0.902. The number of rotatable bonds is 4. The van der Waals surface area contributed by atoms with Gasteiger partial charge in [-0.25, -0.2) is 4.68 Å². The van der Waals surface area contributed by atoms with Crippen LogP contribution in [0, 0.1) is 0 Å². The van der Waals surface area contributed by atoms with Gasteiger partial charge in [0, 0.05) is 17.1 Å². The second kappa shape index (κ2) is 6.22. The average molecular weight is 364 g/mol. The van der Waals surface area contributed by atoms with E-state index in [2.05, 4.69) is 31.6 Å². The molecule has 0 saturated carbocycles. The average Bonchev–Trinajstić information content (AvgIpc) is 2.67. The number of aryl methyl sites for hydroxylation is 1. The molecular weight excluding hydrogens is 351 g/mol. The summed E-state index contributed by atoms with van der Waals surface area (Å²) in [5.41, 5.74) is 1.87. The molecule has 0 saturated heterocycles. The van der Waals surface area contributed by atoms with E-state index in [0.29, 0.717) is 14.6 Å². The zero-order chi connectivity index (χ0) is 14.0. The Morgan fingerprint density at radius 1 is 1.42 bits per heavy atom. The first-order chi connectivity index (χ1) is 9.04. The Morgan fingerprint density at radius 2 is 2.16 bits per heavy atom. The van der Waals surface area contributed by atoms with Gasteiger partial charge in [-0.05, 0) is 40.2 Å². The topological polar surface area (TPSA) is 42.7 Å². The molecule has 0 bridgehead atoms. The largest absolute Gasteiger partial charge is 0.305 e. The van der Waals surface area contributed by atoms with Gasteiger partial charge in [-0.3, -0.25) is 0 Å². The van der Waals surface area contributed by atoms with E-state index in [1.54, 1.807) is 10.7 Å². The second-order valence-corrected chi connectivity index (χ2v) is 5.64. The molecule has 19 heavy (non-hydrogen) atoms. The standard InChI is InChI=1S/C12H13BrCl2N4/c1-3-16-10(11-12(13)17-18-19(11)2)8-5-4-7(14)6-9(8)15/h4-6,10,16H,3H2,1-2H3. The summed E-state index contributed by atoms with van der Waals surface area (Å²) in [6.45, 7) is 2.83. The number of nitrogens with zero attached hydrogens (tertiary/aromatic N) is 3. The van der Waals surface area contributed by atoms with Crippen LogP contribution in [0.25, 0.3) is 0 Å². The summed E-state index contributed by atoms with van der Waals surface area (Å²) in [7, 11) is 1.85. The van der Waals surface area contributed by atoms with Crippen molar-refractivity contribution in [3.8, 4) is 0 Å². The first kappa shape index (κ1) is 14.8. The molecule has 102 valence electrons. The summed E-state index contributed by atoms with van der Waals surface area (Å²) in [5.74, 6) is 0. The predicted octanol–water partition coefficient (Wildman–Crippen LogP) is 3.58. The third-order valence-corrected chi connectivity index (χ3v) is 3.91. The molecule has 0 spiro atoms. The van der Waals surface area contributed by atoms with E-state index < -0.39 is 0 Å². The Kier molecular flexibility index (Phi) is 4.84. The fourth-order valence-corrected chi connectivity index (χ4v) is 3.01. The highest BCUT2D eigenvalue weighted by Gasteiger charge is 2.23. The van der Waals surface area contributed by atoms with E-state index >= 15 is 0 Å². The highest BCUT2D eigenvalue weighted by Crippen LogP contribution is 2.32. The molecular formula is C12H13BrCl2N4. The highest BCUT2D eigenvalue weighted by molar-refractivity contribution is 9.10. The molecule has 1 heterocycles. The van der Waals surface area contributed by atoms with Crippen molar-refractivity contribution in [2.24, 2.45) is 7.05 Å². The van der Waals surface area contributed by atoms with Crippen molar-refractivity contribution in [2.75, 3.05) is 6.54 Å². The van der Waals surface area contributed by atoms with Crippen LogP contribution < -0.4 is 5.32 Å². The number of hydrogen-bond acceptors (Lipinski definition) is 3. The van der Waals surface area contributed by atoms with Crippen molar-refractivity contribution >= 4 is 39.1 Å². The lowest BCUT2D eigenvalue weighted by Gasteiger charge is -2.20. The third kappa shape index (κ3) is 3.11. The molecule has 0 fully saturated rings. The minimum Gasteiger partial charge on any atom is -0.305 e. The lowest BCUT2D eigenvalue weighted by molar-refractivity contribution is 0.567. The number of nitrogens with one attached hydrogen (secondary N) is 1. The van der Waals surface area contributed by atoms with E-state index in [-0.39, 0.29) is 6.04 Å². The maximum absolute atomic E-state index is 6.29. The van der Waals surface area contributed by atoms with Crippen LogP contribution in [0.4, 0.5) is 0 Å². The molecule has 0 radical (unpaired) electrons. The molecule has 4 nitrogen and oxygen atoms in total. The maximum Gasteiger partial charge on any atom is 0.153 e. The fourth-order valence-electron chi connectivity index (χ4n) is 1.94. The Morgan fingerprint density at radius 3 is 2.68 bits per heavy atom. The first-order valence-corrected chi connectivity index (χ1v) is 7.33. The molecule has 7 heteroatoms. The first-order valence-electron chi connectivity index (χ1n) is 5.78. The molecule has 1 unspecified atom stereocenters. The zero-order valence-electron chi connectivity index (χ0n) is 10.5. The smallest absolute Gasteiger partial charge is 0.153 e. The van der Waals surface area contributed by atoms with Crippen LogP contribution in [-0.2, 0) is 7.05 Å². The van der Waals surface area contributed by atoms with Gasteiger partial charge in [0.25, 0.3) is 0 Å². The molecule has 0 aliphatic carbocycles. The maximum atomic E-state index is 6.29. The molecule has 0 amide bonds. The van der Waals surface area contributed by atoms with E-state index in [1.807, 2.05) is 26.1 Å². The summed E-state index contributed by atoms with van der Waals surface area (Å²) in [5, 5.41) is 12.6. The Bertz CT molecular complexity index is 566. The van der Waals surface area contributed by atoms with Gasteiger partial charge in [0.1, 0.15) is 0 Å². The molecule has 1 aromatic carbocycles. The van der Waals surface area contributed by atoms with E-state index in [4.69, 9.17) is 23.2 Å². The van der Waals surface area contributed by atoms with Crippen LogP contribution in [0.5, 0.6) is 0 Å². The molecule has 1 aromatic heterocycles. The minimum absolute atomic E-state index is 0.0934. The van der Waals surface area contributed by atoms with Crippen molar-refractivity contribution in [2.45, 2.75) is 13.0 Å². The Balaban J connectivity index is 2.51. The van der Waals surface area contributed by atoms with Gasteiger partial charge in [0.05, 0.1) is 11.7 Å². The number of aromatic nitrogens is 3. The minimum atomic E-state index is -0.0934. The van der Waals surface area contributed by atoms with Crippen molar-refractivity contribution in [1.82, 2.24) is 20.3 Å². The summed E-state index contributed by atoms with van der Waals surface area (Å²) in [4.78, 5) is 0. The van der Waals surface area contributed by atoms with Crippen molar-refractivity contribution in [1.29, 1.82) is 0 Å². The van der Waals surface area contributed by atoms with Gasteiger partial charge >= 0.3 is 0 Å². The van der Waals surface area contributed by atoms with E-state index in [0.717, 1.165) is 17.8 Å². The van der Waals surface area contributed by atoms with Gasteiger partial charge in [0.2, 0.25) is 0 Å². The van der Waals surface area contributed by atoms with Crippen LogP contribution in [-0.4, -0.2) is 21.5 Å². The van der Waals surface area contributed by atoms with E-state index in [9.17, 15) is 0 Å². The normalized spacial score (nSPS) is 12.7. The van der Waals surface area contributed by atoms with Crippen LogP contribution in [0.1, 0.15) is 24.2 Å². The van der Waals surface area contributed by atoms with Crippen molar-refractivity contribution in [3.05, 3.63) is 44.1 Å². The lowest BCUT2D eigenvalue weighted by atomic mass is 10.0. The number of hydrogen-bond donors (Lipinski definition) is 1. The lowest BCUT2D eigenvalue weighted by Crippen LogP contribution is -2.25. The number of halogens is 3. The fraction of sp³-hybridized carbons (Fsp3) is 0.333. The summed E-state index contributed by atoms with van der Waals surface area (Å²) in [6.07, 6.45) is 0. The second-order valence-electron chi connectivity index (χ2n) is 4.05. The van der Waals surface area contributed by atoms with Gasteiger partial charge in [-0.1, -0.05) is 41.4 Å². The van der Waals surface area contributed by atoms with Gasteiger partial charge in [-0.15, -0.1) is 5.10 Å². The van der Waals surface area contributed by atoms with Crippen molar-refractivity contribution < 1.29 is 0 Å². The summed E-state index contributed by atoms with van der Waals surface area (Å²) >= 11 is 15.7. The van der Waals surface area contributed by atoms with Crippen LogP contribution in [0.15, 0.2) is 22.8 Å². The molecule has 1 atom stereocenters. The van der Waals surface area contributed by atoms with Gasteiger partial charge < -0.3 is 5.32 Å². The zero-order valence-corrected chi connectivity index (χ0v) is 13.6.